The van der Waals surface area contributed by atoms with Crippen molar-refractivity contribution in [2.75, 3.05) is 11.6 Å². The van der Waals surface area contributed by atoms with Crippen LogP contribution < -0.4 is 10.6 Å². The first-order valence-corrected chi connectivity index (χ1v) is 10.6. The van der Waals surface area contributed by atoms with Gasteiger partial charge in [-0.15, -0.1) is 23.1 Å². The summed E-state index contributed by atoms with van der Waals surface area (Å²) in [5.41, 5.74) is 2.27. The Balaban J connectivity index is 1.55. The van der Waals surface area contributed by atoms with E-state index in [2.05, 4.69) is 10.6 Å². The quantitative estimate of drug-likeness (QED) is 0.575. The second-order valence-corrected chi connectivity index (χ2v) is 7.76. The number of thiophene rings is 1. The van der Waals surface area contributed by atoms with Crippen molar-refractivity contribution in [3.63, 3.8) is 0 Å². The molecule has 4 nitrogen and oxygen atoms in total. The van der Waals surface area contributed by atoms with Crippen molar-refractivity contribution in [2.45, 2.75) is 17.9 Å². The van der Waals surface area contributed by atoms with Crippen LogP contribution in [0.25, 0.3) is 0 Å². The summed E-state index contributed by atoms with van der Waals surface area (Å²) >= 11 is 3.17. The van der Waals surface area contributed by atoms with Gasteiger partial charge in [0.1, 0.15) is 0 Å². The number of rotatable bonds is 7. The van der Waals surface area contributed by atoms with Crippen LogP contribution in [0.1, 0.15) is 20.8 Å². The fourth-order valence-corrected chi connectivity index (χ4v) is 3.82. The van der Waals surface area contributed by atoms with E-state index >= 15 is 0 Å². The minimum absolute atomic E-state index is 0.0194. The number of carbonyl (C=O) groups is 2. The molecule has 0 saturated heterocycles. The van der Waals surface area contributed by atoms with Gasteiger partial charge in [0.25, 0.3) is 5.91 Å². The van der Waals surface area contributed by atoms with Crippen molar-refractivity contribution in [1.29, 1.82) is 0 Å². The van der Waals surface area contributed by atoms with E-state index in [4.69, 9.17) is 0 Å². The highest BCUT2D eigenvalue weighted by Gasteiger charge is 2.11. The van der Waals surface area contributed by atoms with E-state index in [1.165, 1.54) is 0 Å². The fraction of sp³-hybridized carbons (Fsp3) is 0.143. The maximum absolute atomic E-state index is 12.5. The van der Waals surface area contributed by atoms with Crippen molar-refractivity contribution in [3.05, 3.63) is 82.0 Å². The van der Waals surface area contributed by atoms with Crippen LogP contribution in [0.2, 0.25) is 0 Å². The van der Waals surface area contributed by atoms with Crippen LogP contribution in [0.3, 0.4) is 0 Å². The highest BCUT2D eigenvalue weighted by atomic mass is 32.2. The Morgan fingerprint density at radius 1 is 1.00 bits per heavy atom. The summed E-state index contributed by atoms with van der Waals surface area (Å²) < 4.78 is 0. The minimum Gasteiger partial charge on any atom is -0.351 e. The molecular formula is C21H20N2O2S2. The van der Waals surface area contributed by atoms with Crippen LogP contribution in [0.4, 0.5) is 5.69 Å². The Bertz CT molecular complexity index is 906. The summed E-state index contributed by atoms with van der Waals surface area (Å²) in [6, 6.07) is 18.8. The van der Waals surface area contributed by atoms with Crippen LogP contribution in [-0.4, -0.2) is 18.1 Å². The molecule has 2 amide bonds. The van der Waals surface area contributed by atoms with Crippen LogP contribution in [0, 0.1) is 0 Å². The van der Waals surface area contributed by atoms with Crippen LogP contribution in [-0.2, 0) is 17.8 Å². The summed E-state index contributed by atoms with van der Waals surface area (Å²) in [4.78, 5) is 26.6. The molecule has 3 rings (SSSR count). The molecule has 3 aromatic rings. The number of nitrogens with one attached hydrogen (secondary N) is 2. The Labute approximate surface area is 167 Å². The van der Waals surface area contributed by atoms with Crippen molar-refractivity contribution < 1.29 is 9.59 Å². The molecule has 1 heterocycles. The number of benzene rings is 2. The largest absolute Gasteiger partial charge is 0.351 e. The van der Waals surface area contributed by atoms with Crippen molar-refractivity contribution >= 4 is 40.6 Å². The molecule has 0 fully saturated rings. The van der Waals surface area contributed by atoms with Crippen LogP contribution in [0.5, 0.6) is 0 Å². The smallest absolute Gasteiger partial charge is 0.256 e. The van der Waals surface area contributed by atoms with E-state index in [0.29, 0.717) is 24.2 Å². The van der Waals surface area contributed by atoms with Gasteiger partial charge in [0.05, 0.1) is 18.5 Å². The molecular weight excluding hydrogens is 376 g/mol. The lowest BCUT2D eigenvalue weighted by Crippen LogP contribution is -2.24. The van der Waals surface area contributed by atoms with Gasteiger partial charge in [0.15, 0.2) is 0 Å². The van der Waals surface area contributed by atoms with Gasteiger partial charge in [0.2, 0.25) is 5.91 Å². The molecule has 0 radical (unpaired) electrons. The lowest BCUT2D eigenvalue weighted by atomic mass is 10.1. The monoisotopic (exact) mass is 396 g/mol. The molecule has 0 atom stereocenters. The number of hydrogen-bond donors (Lipinski definition) is 2. The molecule has 0 bridgehead atoms. The van der Waals surface area contributed by atoms with Gasteiger partial charge < -0.3 is 10.6 Å². The third-order valence-electron chi connectivity index (χ3n) is 3.97. The summed E-state index contributed by atoms with van der Waals surface area (Å²) in [5.74, 6) is -0.157. The zero-order valence-corrected chi connectivity index (χ0v) is 16.5. The average molecular weight is 397 g/mol. The van der Waals surface area contributed by atoms with Gasteiger partial charge in [-0.3, -0.25) is 9.59 Å². The van der Waals surface area contributed by atoms with E-state index in [-0.39, 0.29) is 11.8 Å². The molecule has 138 valence electrons. The van der Waals surface area contributed by atoms with Gasteiger partial charge in [-0.1, -0.05) is 30.3 Å². The van der Waals surface area contributed by atoms with E-state index < -0.39 is 0 Å². The van der Waals surface area contributed by atoms with E-state index in [0.717, 1.165) is 15.3 Å². The second-order valence-electron chi connectivity index (χ2n) is 5.88. The normalized spacial score (nSPS) is 10.4. The van der Waals surface area contributed by atoms with Crippen molar-refractivity contribution in [1.82, 2.24) is 5.32 Å². The lowest BCUT2D eigenvalue weighted by molar-refractivity contribution is -0.120. The third-order valence-corrected chi connectivity index (χ3v) is 5.64. The van der Waals surface area contributed by atoms with Crippen molar-refractivity contribution in [3.8, 4) is 0 Å². The van der Waals surface area contributed by atoms with Gasteiger partial charge in [-0.25, -0.2) is 0 Å². The first-order valence-electron chi connectivity index (χ1n) is 8.48. The second kappa shape index (κ2) is 9.39. The van der Waals surface area contributed by atoms with Crippen molar-refractivity contribution in [2.24, 2.45) is 0 Å². The molecule has 0 aliphatic heterocycles. The fourth-order valence-electron chi connectivity index (χ4n) is 2.58. The van der Waals surface area contributed by atoms with Crippen LogP contribution in [0.15, 0.2) is 70.9 Å². The predicted molar refractivity (Wildman–Crippen MR) is 112 cm³/mol. The zero-order chi connectivity index (χ0) is 19.1. The molecule has 6 heteroatoms. The summed E-state index contributed by atoms with van der Waals surface area (Å²) in [5, 5.41) is 7.81. The predicted octanol–water partition coefficient (Wildman–Crippen LogP) is 4.58. The Morgan fingerprint density at radius 3 is 2.48 bits per heavy atom. The Hall–Kier alpha value is -2.57. The minimum atomic E-state index is -0.138. The van der Waals surface area contributed by atoms with Gasteiger partial charge in [-0.05, 0) is 47.5 Å². The van der Waals surface area contributed by atoms with Crippen LogP contribution >= 0.6 is 23.1 Å². The lowest BCUT2D eigenvalue weighted by Gasteiger charge is -2.09. The number of anilines is 1. The SMILES string of the molecule is CSc1ccccc1C(=O)Nc1ccc(CC(=O)NCc2cccs2)cc1. The highest BCUT2D eigenvalue weighted by Crippen LogP contribution is 2.21. The van der Waals surface area contributed by atoms with Gasteiger partial charge in [0, 0.05) is 15.5 Å². The number of hydrogen-bond acceptors (Lipinski definition) is 4. The molecule has 27 heavy (non-hydrogen) atoms. The maximum Gasteiger partial charge on any atom is 0.256 e. The van der Waals surface area contributed by atoms with E-state index in [1.807, 2.05) is 72.3 Å². The number of carbonyl (C=O) groups excluding carboxylic acids is 2. The summed E-state index contributed by atoms with van der Waals surface area (Å²) in [6.07, 6.45) is 2.26. The standard InChI is InChI=1S/C21H20N2O2S2/c1-26-19-7-3-2-6-18(19)21(25)23-16-10-8-15(9-11-16)13-20(24)22-14-17-5-4-12-27-17/h2-12H,13-14H2,1H3,(H,22,24)(H,23,25). The molecule has 2 aromatic carbocycles. The highest BCUT2D eigenvalue weighted by molar-refractivity contribution is 7.98. The molecule has 0 aliphatic rings. The van der Waals surface area contributed by atoms with E-state index in [9.17, 15) is 9.59 Å². The molecule has 0 spiro atoms. The third kappa shape index (κ3) is 5.45. The number of thioether (sulfide) groups is 1. The molecule has 0 aliphatic carbocycles. The van der Waals surface area contributed by atoms with Gasteiger partial charge in [-0.2, -0.15) is 0 Å². The average Bonchev–Trinajstić information content (AvgIpc) is 3.21. The maximum atomic E-state index is 12.5. The van der Waals surface area contributed by atoms with E-state index in [1.54, 1.807) is 23.1 Å². The van der Waals surface area contributed by atoms with Gasteiger partial charge >= 0.3 is 0 Å². The number of amides is 2. The Kier molecular flexibility index (Phi) is 6.68. The summed E-state index contributed by atoms with van der Waals surface area (Å²) in [6.45, 7) is 0.555. The topological polar surface area (TPSA) is 58.2 Å². The first kappa shape index (κ1) is 19.2. The molecule has 2 N–H and O–H groups in total. The molecule has 0 unspecified atom stereocenters. The summed E-state index contributed by atoms with van der Waals surface area (Å²) in [7, 11) is 0. The zero-order valence-electron chi connectivity index (χ0n) is 14.9. The first-order chi connectivity index (χ1) is 13.2. The molecule has 0 saturated carbocycles. The molecule has 1 aromatic heterocycles. The Morgan fingerprint density at radius 2 is 1.78 bits per heavy atom.